The lowest BCUT2D eigenvalue weighted by molar-refractivity contribution is -0.147. The van der Waals surface area contributed by atoms with E-state index in [0.29, 0.717) is 0 Å². The van der Waals surface area contributed by atoms with Gasteiger partial charge in [-0.1, -0.05) is 0 Å². The van der Waals surface area contributed by atoms with Crippen molar-refractivity contribution in [2.24, 2.45) is 0 Å². The molecule has 0 atom stereocenters. The summed E-state index contributed by atoms with van der Waals surface area (Å²) >= 11 is 0. The zero-order valence-electron chi connectivity index (χ0n) is 6.77. The van der Waals surface area contributed by atoms with Gasteiger partial charge in [0.25, 0.3) is 0 Å². The molecule has 0 unspecified atom stereocenters. The van der Waals surface area contributed by atoms with Gasteiger partial charge in [0.05, 0.1) is 19.8 Å². The maximum Gasteiger partial charge on any atom is 0.123 e. The van der Waals surface area contributed by atoms with Crippen molar-refractivity contribution in [1.82, 2.24) is 5.32 Å². The standard InChI is InChI=1S/C8H15NO2/c1-4-9-8(11-5-1)2-6-10-7-3-8/h9H,1-7H2. The van der Waals surface area contributed by atoms with Crippen LogP contribution in [0.1, 0.15) is 19.3 Å². The Balaban J connectivity index is 1.94. The van der Waals surface area contributed by atoms with E-state index >= 15 is 0 Å². The molecule has 0 saturated carbocycles. The molecule has 1 N–H and O–H groups in total. The lowest BCUT2D eigenvalue weighted by atomic mass is 10.0. The van der Waals surface area contributed by atoms with Gasteiger partial charge in [-0.25, -0.2) is 0 Å². The number of hydrogen-bond acceptors (Lipinski definition) is 3. The van der Waals surface area contributed by atoms with Crippen molar-refractivity contribution in [3.05, 3.63) is 0 Å². The van der Waals surface area contributed by atoms with E-state index in [1.165, 1.54) is 0 Å². The third kappa shape index (κ3) is 1.55. The molecule has 1 spiro atoms. The molecule has 2 saturated heterocycles. The maximum atomic E-state index is 5.72. The molecule has 2 heterocycles. The van der Waals surface area contributed by atoms with Gasteiger partial charge in [0, 0.05) is 12.8 Å². The van der Waals surface area contributed by atoms with Crippen LogP contribution in [0, 0.1) is 0 Å². The minimum atomic E-state index is -0.0174. The highest BCUT2D eigenvalue weighted by atomic mass is 16.5. The Hall–Kier alpha value is -0.120. The Kier molecular flexibility index (Phi) is 2.11. The second kappa shape index (κ2) is 3.09. The number of nitrogens with one attached hydrogen (secondary N) is 1. The van der Waals surface area contributed by atoms with Gasteiger partial charge in [0.15, 0.2) is 0 Å². The summed E-state index contributed by atoms with van der Waals surface area (Å²) in [5.41, 5.74) is -0.0174. The SMILES string of the molecule is C1CNC2(CCOCC2)OC1. The van der Waals surface area contributed by atoms with E-state index in [0.717, 1.165) is 45.6 Å². The van der Waals surface area contributed by atoms with Crippen molar-refractivity contribution in [2.75, 3.05) is 26.4 Å². The van der Waals surface area contributed by atoms with Crippen LogP contribution in [-0.2, 0) is 9.47 Å². The molecule has 3 heteroatoms. The van der Waals surface area contributed by atoms with Crippen molar-refractivity contribution in [1.29, 1.82) is 0 Å². The fourth-order valence-electron chi connectivity index (χ4n) is 1.73. The summed E-state index contributed by atoms with van der Waals surface area (Å²) < 4.78 is 11.0. The highest BCUT2D eigenvalue weighted by molar-refractivity contribution is 4.83. The third-order valence-corrected chi connectivity index (χ3v) is 2.45. The minimum absolute atomic E-state index is 0.0174. The summed E-state index contributed by atoms with van der Waals surface area (Å²) in [4.78, 5) is 0. The minimum Gasteiger partial charge on any atom is -0.381 e. The lowest BCUT2D eigenvalue weighted by Crippen LogP contribution is -2.54. The van der Waals surface area contributed by atoms with Gasteiger partial charge in [0.2, 0.25) is 0 Å². The van der Waals surface area contributed by atoms with Gasteiger partial charge in [-0.15, -0.1) is 0 Å². The summed E-state index contributed by atoms with van der Waals surface area (Å²) in [6.45, 7) is 3.69. The Morgan fingerprint density at radius 2 is 1.91 bits per heavy atom. The number of ether oxygens (including phenoxy) is 2. The monoisotopic (exact) mass is 157 g/mol. The summed E-state index contributed by atoms with van der Waals surface area (Å²) in [7, 11) is 0. The van der Waals surface area contributed by atoms with Crippen molar-refractivity contribution >= 4 is 0 Å². The van der Waals surface area contributed by atoms with Crippen molar-refractivity contribution < 1.29 is 9.47 Å². The van der Waals surface area contributed by atoms with Crippen LogP contribution < -0.4 is 5.32 Å². The third-order valence-electron chi connectivity index (χ3n) is 2.45. The van der Waals surface area contributed by atoms with Crippen molar-refractivity contribution in [3.63, 3.8) is 0 Å². The van der Waals surface area contributed by atoms with Crippen LogP contribution in [0.15, 0.2) is 0 Å². The van der Waals surface area contributed by atoms with Gasteiger partial charge >= 0.3 is 0 Å². The normalized spacial score (nSPS) is 30.5. The average Bonchev–Trinajstić information content (AvgIpc) is 2.07. The lowest BCUT2D eigenvalue weighted by Gasteiger charge is -2.40. The zero-order valence-corrected chi connectivity index (χ0v) is 6.77. The molecular formula is C8H15NO2. The van der Waals surface area contributed by atoms with Crippen LogP contribution in [0.3, 0.4) is 0 Å². The second-order valence-corrected chi connectivity index (χ2v) is 3.24. The first-order valence-corrected chi connectivity index (χ1v) is 4.38. The highest BCUT2D eigenvalue weighted by Gasteiger charge is 2.34. The molecule has 2 aliphatic rings. The second-order valence-electron chi connectivity index (χ2n) is 3.24. The molecule has 2 fully saturated rings. The van der Waals surface area contributed by atoms with Crippen LogP contribution in [0.2, 0.25) is 0 Å². The largest absolute Gasteiger partial charge is 0.381 e. The van der Waals surface area contributed by atoms with Crippen molar-refractivity contribution in [3.8, 4) is 0 Å². The van der Waals surface area contributed by atoms with E-state index in [9.17, 15) is 0 Å². The molecule has 2 aliphatic heterocycles. The Labute approximate surface area is 67.1 Å². The smallest absolute Gasteiger partial charge is 0.123 e. The molecule has 0 bridgehead atoms. The van der Waals surface area contributed by atoms with Gasteiger partial charge in [-0.05, 0) is 13.0 Å². The number of hydrogen-bond donors (Lipinski definition) is 1. The van der Waals surface area contributed by atoms with Crippen LogP contribution in [0.4, 0.5) is 0 Å². The fraction of sp³-hybridized carbons (Fsp3) is 1.00. The maximum absolute atomic E-state index is 5.72. The first-order valence-electron chi connectivity index (χ1n) is 4.38. The zero-order chi connectivity index (χ0) is 7.57. The molecule has 0 radical (unpaired) electrons. The van der Waals surface area contributed by atoms with E-state index in [1.807, 2.05) is 0 Å². The van der Waals surface area contributed by atoms with Crippen molar-refractivity contribution in [2.45, 2.75) is 25.0 Å². The Morgan fingerprint density at radius 3 is 2.55 bits per heavy atom. The fourth-order valence-corrected chi connectivity index (χ4v) is 1.73. The van der Waals surface area contributed by atoms with Crippen LogP contribution in [-0.4, -0.2) is 32.1 Å². The molecule has 0 aromatic rings. The van der Waals surface area contributed by atoms with E-state index in [1.54, 1.807) is 0 Å². The van der Waals surface area contributed by atoms with Gasteiger partial charge in [0.1, 0.15) is 5.72 Å². The molecule has 0 aromatic carbocycles. The van der Waals surface area contributed by atoms with Crippen LogP contribution >= 0.6 is 0 Å². The first kappa shape index (κ1) is 7.53. The Morgan fingerprint density at radius 1 is 1.09 bits per heavy atom. The van der Waals surface area contributed by atoms with Gasteiger partial charge in [-0.3, -0.25) is 5.32 Å². The highest BCUT2D eigenvalue weighted by Crippen LogP contribution is 2.24. The van der Waals surface area contributed by atoms with E-state index in [-0.39, 0.29) is 5.72 Å². The molecule has 11 heavy (non-hydrogen) atoms. The summed E-state index contributed by atoms with van der Waals surface area (Å²) in [6, 6.07) is 0. The molecule has 0 amide bonds. The molecular weight excluding hydrogens is 142 g/mol. The molecule has 64 valence electrons. The predicted molar refractivity (Wildman–Crippen MR) is 41.4 cm³/mol. The Bertz CT molecular complexity index is 107. The van der Waals surface area contributed by atoms with E-state index in [2.05, 4.69) is 5.32 Å². The first-order chi connectivity index (χ1) is 5.41. The molecule has 3 nitrogen and oxygen atoms in total. The van der Waals surface area contributed by atoms with Crippen LogP contribution in [0.25, 0.3) is 0 Å². The molecule has 0 aliphatic carbocycles. The van der Waals surface area contributed by atoms with Crippen LogP contribution in [0.5, 0.6) is 0 Å². The molecule has 2 rings (SSSR count). The van der Waals surface area contributed by atoms with E-state index in [4.69, 9.17) is 9.47 Å². The topological polar surface area (TPSA) is 30.5 Å². The number of rotatable bonds is 0. The quantitative estimate of drug-likeness (QED) is 0.555. The summed E-state index contributed by atoms with van der Waals surface area (Å²) in [5.74, 6) is 0. The summed E-state index contributed by atoms with van der Waals surface area (Å²) in [5, 5.41) is 3.43. The van der Waals surface area contributed by atoms with Gasteiger partial charge < -0.3 is 9.47 Å². The van der Waals surface area contributed by atoms with Gasteiger partial charge in [-0.2, -0.15) is 0 Å². The summed E-state index contributed by atoms with van der Waals surface area (Å²) in [6.07, 6.45) is 3.16. The van der Waals surface area contributed by atoms with E-state index < -0.39 is 0 Å². The molecule has 0 aromatic heterocycles. The predicted octanol–water partition coefficient (Wildman–Crippen LogP) is 0.503. The average molecular weight is 157 g/mol.